The summed E-state index contributed by atoms with van der Waals surface area (Å²) in [6.07, 6.45) is 9.74. The number of nitrogens with one attached hydrogen (secondary N) is 1. The van der Waals surface area contributed by atoms with Crippen LogP contribution in [-0.2, 0) is 27.8 Å². The van der Waals surface area contributed by atoms with Gasteiger partial charge in [-0.05, 0) is 88.6 Å². The summed E-state index contributed by atoms with van der Waals surface area (Å²) in [5, 5.41) is 4.11. The molecule has 4 aliphatic heterocycles. The van der Waals surface area contributed by atoms with E-state index in [-0.39, 0.29) is 46.9 Å². The highest BCUT2D eigenvalue weighted by Gasteiger charge is 2.80. The zero-order chi connectivity index (χ0) is 43.0. The minimum Gasteiger partial charge on any atom is -0.408 e. The molecule has 0 amide bonds. The maximum Gasteiger partial charge on any atom is 0.351 e. The lowest BCUT2D eigenvalue weighted by molar-refractivity contribution is -0.225. The van der Waals surface area contributed by atoms with Gasteiger partial charge in [0.25, 0.3) is 5.56 Å². The highest BCUT2D eigenvalue weighted by molar-refractivity contribution is 6.74. The smallest absolute Gasteiger partial charge is 0.351 e. The van der Waals surface area contributed by atoms with Crippen LogP contribution in [-0.4, -0.2) is 97.3 Å². The number of nitrogens with zero attached hydrogens (tertiary/aromatic N) is 6. The molecule has 2 unspecified atom stereocenters. The second-order valence-electron chi connectivity index (χ2n) is 18.0. The van der Waals surface area contributed by atoms with E-state index in [0.29, 0.717) is 11.4 Å². The molecule has 60 heavy (non-hydrogen) atoms. The van der Waals surface area contributed by atoms with Crippen LogP contribution in [0, 0.1) is 13.8 Å². The van der Waals surface area contributed by atoms with Crippen molar-refractivity contribution in [3.8, 4) is 5.82 Å². The van der Waals surface area contributed by atoms with E-state index < -0.39 is 46.0 Å². The van der Waals surface area contributed by atoms with Crippen LogP contribution in [0.4, 0.5) is 0 Å². The molecule has 18 heteroatoms. The zero-order valence-electron chi connectivity index (χ0n) is 37.1. The third-order valence-electron chi connectivity index (χ3n) is 15.5. The molecule has 0 radical (unpaired) electrons. The van der Waals surface area contributed by atoms with Crippen molar-refractivity contribution in [3.63, 3.8) is 0 Å². The van der Waals surface area contributed by atoms with E-state index in [9.17, 15) is 14.4 Å². The monoisotopic (exact) mass is 867 g/mol. The van der Waals surface area contributed by atoms with Crippen molar-refractivity contribution in [2.24, 2.45) is 0 Å². The van der Waals surface area contributed by atoms with Crippen molar-refractivity contribution in [2.45, 2.75) is 203 Å². The number of hydrogen-bond donors (Lipinski definition) is 1. The van der Waals surface area contributed by atoms with Crippen LogP contribution >= 0.6 is 0 Å². The van der Waals surface area contributed by atoms with Crippen molar-refractivity contribution < 1.29 is 27.8 Å². The maximum atomic E-state index is 13.1. The van der Waals surface area contributed by atoms with E-state index in [0.717, 1.165) is 80.4 Å². The molecular formula is C42H65N7O9Si2. The molecule has 1 N–H and O–H groups in total. The second kappa shape index (κ2) is 15.6. The third-order valence-corrected chi connectivity index (χ3v) is 24.8. The molecule has 6 aliphatic rings. The highest BCUT2D eigenvalue weighted by atomic mass is 28.4. The Bertz CT molecular complexity index is 2220. The van der Waals surface area contributed by atoms with Crippen LogP contribution in [0.3, 0.4) is 0 Å². The summed E-state index contributed by atoms with van der Waals surface area (Å²) >= 11 is 0. The molecule has 7 heterocycles. The minimum absolute atomic E-state index is 0.159. The van der Waals surface area contributed by atoms with E-state index in [4.69, 9.17) is 27.8 Å². The predicted octanol–water partition coefficient (Wildman–Crippen LogP) is 5.98. The van der Waals surface area contributed by atoms with E-state index in [1.54, 1.807) is 23.9 Å². The lowest BCUT2D eigenvalue weighted by Crippen LogP contribution is -2.53. The zero-order valence-corrected chi connectivity index (χ0v) is 39.1. The number of fused-ring (bicyclic) bond motifs is 6. The molecule has 330 valence electrons. The largest absolute Gasteiger partial charge is 0.408 e. The molecule has 3 aromatic heterocycles. The first kappa shape index (κ1) is 43.5. The van der Waals surface area contributed by atoms with Gasteiger partial charge in [0, 0.05) is 23.5 Å². The molecule has 6 fully saturated rings. The standard InChI is InChI=1S/C22H33N5O4Si.C20H32N2O5Si/c1-6-22-17(31-32(7-2,8-3)9-4)16(29-21(22)10-11-21)19(30-22)26-12-15(5)18(25-20(26)28)27-14-23-13-24-27;1-6-20-15(27-28(7-2,8-3)9-4)14(25-19(20)10-11-19)17(26-20)22-12-13(5)16(23)21-18(22)24/h12-14,16-17,19H,6-11H2,1-5H3;12,14-15,17H,6-11H2,1-5H3,(H,21,23,24)/t16-,17?,19+,22+;14-,15?,17+,20+/m00/s1. The van der Waals surface area contributed by atoms with Crippen molar-refractivity contribution in [1.82, 2.24) is 33.9 Å². The fraction of sp³-hybridized carbons (Fsp3) is 0.762. The van der Waals surface area contributed by atoms with Crippen molar-refractivity contribution in [2.75, 3.05) is 0 Å². The summed E-state index contributed by atoms with van der Waals surface area (Å²) in [6.45, 7) is 21.2. The van der Waals surface area contributed by atoms with Gasteiger partial charge in [-0.15, -0.1) is 0 Å². The van der Waals surface area contributed by atoms with Gasteiger partial charge in [-0.1, -0.05) is 55.4 Å². The Balaban J connectivity index is 0.000000168. The van der Waals surface area contributed by atoms with E-state index in [1.807, 2.05) is 6.92 Å². The third kappa shape index (κ3) is 6.40. The molecule has 0 aromatic carbocycles. The van der Waals surface area contributed by atoms with Gasteiger partial charge in [-0.25, -0.2) is 19.3 Å². The molecule has 2 aliphatic carbocycles. The number of rotatable bonds is 15. The summed E-state index contributed by atoms with van der Waals surface area (Å²) in [5.41, 5.74) is -1.50. The molecule has 9 rings (SSSR count). The minimum atomic E-state index is -1.91. The molecule has 4 bridgehead atoms. The molecular weight excluding hydrogens is 803 g/mol. The van der Waals surface area contributed by atoms with Gasteiger partial charge < -0.3 is 27.8 Å². The molecule has 4 saturated heterocycles. The number of aryl methyl sites for hydroxylation is 2. The van der Waals surface area contributed by atoms with Gasteiger partial charge in [0.2, 0.25) is 0 Å². The number of ether oxygens (including phenoxy) is 4. The van der Waals surface area contributed by atoms with E-state index in [1.165, 1.54) is 21.9 Å². The number of H-pyrrole nitrogens is 1. The van der Waals surface area contributed by atoms with Crippen molar-refractivity contribution >= 4 is 16.6 Å². The quantitative estimate of drug-likeness (QED) is 0.177. The molecule has 2 saturated carbocycles. The summed E-state index contributed by atoms with van der Waals surface area (Å²) in [7, 11) is -3.80. The van der Waals surface area contributed by atoms with Crippen LogP contribution in [0.5, 0.6) is 0 Å². The molecule has 16 nitrogen and oxygen atoms in total. The normalized spacial score (nSPS) is 31.6. The van der Waals surface area contributed by atoms with Crippen LogP contribution in [0.2, 0.25) is 36.3 Å². The maximum absolute atomic E-state index is 13.1. The summed E-state index contributed by atoms with van der Waals surface area (Å²) in [4.78, 5) is 48.1. The highest BCUT2D eigenvalue weighted by Crippen LogP contribution is 2.68. The molecule has 2 spiro atoms. The summed E-state index contributed by atoms with van der Waals surface area (Å²) in [6, 6.07) is 6.35. The van der Waals surface area contributed by atoms with Crippen LogP contribution in [0.25, 0.3) is 5.82 Å². The van der Waals surface area contributed by atoms with Crippen LogP contribution in [0.15, 0.2) is 39.4 Å². The topological polar surface area (TPSA) is 176 Å². The van der Waals surface area contributed by atoms with Gasteiger partial charge in [-0.2, -0.15) is 10.1 Å². The predicted molar refractivity (Wildman–Crippen MR) is 228 cm³/mol. The van der Waals surface area contributed by atoms with E-state index >= 15 is 0 Å². The Labute approximate surface area is 353 Å². The van der Waals surface area contributed by atoms with Crippen LogP contribution < -0.4 is 16.9 Å². The average molecular weight is 868 g/mol. The SMILES string of the molecule is CC[C@]12O[C@@H](n3cc(C)c(-n4cncn4)nc3=O)[C@@H](OC13CC3)C2O[Si](CC)(CC)CC.CC[C@]12O[C@@H](n3cc(C)c(=O)[nH]c3=O)[C@@H](OC13CC3)C2O[Si](CC)(CC)CC. The Morgan fingerprint density at radius 2 is 1.17 bits per heavy atom. The number of hydrogen-bond acceptors (Lipinski definition) is 12. The lowest BCUT2D eigenvalue weighted by atomic mass is 9.88. The Morgan fingerprint density at radius 1 is 0.700 bits per heavy atom. The number of aromatic amines is 1. The fourth-order valence-electron chi connectivity index (χ4n) is 11.1. The first-order chi connectivity index (χ1) is 28.7. The van der Waals surface area contributed by atoms with Crippen molar-refractivity contribution in [1.29, 1.82) is 0 Å². The Kier molecular flexibility index (Phi) is 11.3. The Hall–Kier alpha value is -3.11. The first-order valence-corrected chi connectivity index (χ1v) is 27.6. The van der Waals surface area contributed by atoms with Crippen LogP contribution in [0.1, 0.15) is 117 Å². The van der Waals surface area contributed by atoms with Gasteiger partial charge in [0.1, 0.15) is 59.5 Å². The van der Waals surface area contributed by atoms with Gasteiger partial charge >= 0.3 is 11.4 Å². The second-order valence-corrected chi connectivity index (χ2v) is 27.4. The molecule has 3 aromatic rings. The lowest BCUT2D eigenvalue weighted by Gasteiger charge is -2.40. The van der Waals surface area contributed by atoms with Gasteiger partial charge in [-0.3, -0.25) is 18.9 Å². The number of aromatic nitrogens is 7. The fourth-order valence-corrected chi connectivity index (χ4v) is 16.8. The summed E-state index contributed by atoms with van der Waals surface area (Å²) < 4.78 is 45.2. The average Bonchev–Trinajstić information content (AvgIpc) is 3.99. The summed E-state index contributed by atoms with van der Waals surface area (Å²) in [5.74, 6) is 0.471. The van der Waals surface area contributed by atoms with Gasteiger partial charge in [0.15, 0.2) is 34.9 Å². The van der Waals surface area contributed by atoms with E-state index in [2.05, 4.69) is 75.4 Å². The Morgan fingerprint density at radius 3 is 1.58 bits per heavy atom. The van der Waals surface area contributed by atoms with Crippen molar-refractivity contribution in [3.05, 3.63) is 67.5 Å². The first-order valence-electron chi connectivity index (χ1n) is 22.5. The van der Waals surface area contributed by atoms with Gasteiger partial charge in [0.05, 0.1) is 0 Å². The molecule has 8 atom stereocenters.